The van der Waals surface area contributed by atoms with Crippen LogP contribution < -0.4 is 11.2 Å². The van der Waals surface area contributed by atoms with Crippen LogP contribution in [0.15, 0.2) is 33.9 Å². The average Bonchev–Trinajstić information content (AvgIpc) is 2.28. The maximum atomic E-state index is 12.1. The molecule has 1 atom stereocenters. The number of benzene rings is 1. The quantitative estimate of drug-likeness (QED) is 0.833. The zero-order valence-electron chi connectivity index (χ0n) is 9.36. The van der Waals surface area contributed by atoms with Crippen LogP contribution in [0.2, 0.25) is 0 Å². The maximum Gasteiger partial charge on any atom is 0.329 e. The fraction of sp³-hybridized carbons (Fsp3) is 0.333. The van der Waals surface area contributed by atoms with E-state index in [4.69, 9.17) is 0 Å². The van der Waals surface area contributed by atoms with E-state index in [1.54, 1.807) is 24.3 Å². The lowest BCUT2D eigenvalue weighted by molar-refractivity contribution is 0.494. The summed E-state index contributed by atoms with van der Waals surface area (Å²) in [7, 11) is 0. The summed E-state index contributed by atoms with van der Waals surface area (Å²) in [4.78, 5) is 26.6. The molecule has 0 bridgehead atoms. The third-order valence-corrected chi connectivity index (χ3v) is 2.87. The molecule has 0 fully saturated rings. The number of aromatic nitrogens is 2. The first kappa shape index (κ1) is 10.7. The molecule has 0 saturated heterocycles. The van der Waals surface area contributed by atoms with Crippen LogP contribution in [0.3, 0.4) is 0 Å². The minimum Gasteiger partial charge on any atom is -0.307 e. The zero-order chi connectivity index (χ0) is 11.7. The summed E-state index contributed by atoms with van der Waals surface area (Å²) >= 11 is 0. The minimum atomic E-state index is -0.335. The van der Waals surface area contributed by atoms with E-state index in [9.17, 15) is 9.59 Å². The van der Waals surface area contributed by atoms with E-state index in [2.05, 4.69) is 4.98 Å². The van der Waals surface area contributed by atoms with Crippen LogP contribution in [0.5, 0.6) is 0 Å². The van der Waals surface area contributed by atoms with Gasteiger partial charge in [-0.15, -0.1) is 0 Å². The summed E-state index contributed by atoms with van der Waals surface area (Å²) < 4.78 is 1.28. The van der Waals surface area contributed by atoms with Crippen molar-refractivity contribution in [2.45, 2.75) is 26.3 Å². The van der Waals surface area contributed by atoms with Gasteiger partial charge in [-0.05, 0) is 25.5 Å². The predicted molar refractivity (Wildman–Crippen MR) is 63.8 cm³/mol. The van der Waals surface area contributed by atoms with Gasteiger partial charge in [-0.1, -0.05) is 19.1 Å². The van der Waals surface area contributed by atoms with Gasteiger partial charge in [-0.25, -0.2) is 4.79 Å². The van der Waals surface area contributed by atoms with Gasteiger partial charge in [0.25, 0.3) is 5.56 Å². The van der Waals surface area contributed by atoms with Crippen LogP contribution in [-0.2, 0) is 0 Å². The van der Waals surface area contributed by atoms with Crippen molar-refractivity contribution < 1.29 is 0 Å². The number of hydrogen-bond acceptors (Lipinski definition) is 2. The van der Waals surface area contributed by atoms with Gasteiger partial charge in [0.2, 0.25) is 0 Å². The molecule has 1 N–H and O–H groups in total. The average molecular weight is 218 g/mol. The maximum absolute atomic E-state index is 12.1. The molecule has 0 unspecified atom stereocenters. The SMILES string of the molecule is CC[C@H](C)n1c(=O)[nH]c2ccccc2c1=O. The number of rotatable bonds is 2. The van der Waals surface area contributed by atoms with Crippen molar-refractivity contribution >= 4 is 10.9 Å². The van der Waals surface area contributed by atoms with E-state index in [0.717, 1.165) is 6.42 Å². The third-order valence-electron chi connectivity index (χ3n) is 2.87. The van der Waals surface area contributed by atoms with Crippen LogP contribution in [-0.4, -0.2) is 9.55 Å². The molecule has 16 heavy (non-hydrogen) atoms. The number of H-pyrrole nitrogens is 1. The van der Waals surface area contributed by atoms with Crippen molar-refractivity contribution in [1.82, 2.24) is 9.55 Å². The standard InChI is InChI=1S/C12H14N2O2/c1-3-8(2)14-11(15)9-6-4-5-7-10(9)13-12(14)16/h4-8H,3H2,1-2H3,(H,13,16)/t8-/m0/s1. The molecule has 0 aliphatic carbocycles. The summed E-state index contributed by atoms with van der Waals surface area (Å²) in [5, 5.41) is 0.558. The monoisotopic (exact) mass is 218 g/mol. The summed E-state index contributed by atoms with van der Waals surface area (Å²) in [5.41, 5.74) is 0.0452. The Labute approximate surface area is 92.5 Å². The lowest BCUT2D eigenvalue weighted by Crippen LogP contribution is -2.36. The van der Waals surface area contributed by atoms with Crippen LogP contribution in [0.4, 0.5) is 0 Å². The molecule has 0 aliphatic rings. The number of nitrogens with one attached hydrogen (secondary N) is 1. The Morgan fingerprint density at radius 2 is 2.00 bits per heavy atom. The van der Waals surface area contributed by atoms with Crippen molar-refractivity contribution in [3.05, 3.63) is 45.1 Å². The molecule has 0 saturated carbocycles. The van der Waals surface area contributed by atoms with Gasteiger partial charge in [0.05, 0.1) is 10.9 Å². The molecule has 0 spiro atoms. The van der Waals surface area contributed by atoms with Crippen molar-refractivity contribution in [1.29, 1.82) is 0 Å². The Kier molecular flexibility index (Phi) is 2.64. The normalized spacial score (nSPS) is 12.9. The smallest absolute Gasteiger partial charge is 0.307 e. The van der Waals surface area contributed by atoms with E-state index in [1.165, 1.54) is 4.57 Å². The number of fused-ring (bicyclic) bond motifs is 1. The first-order chi connectivity index (χ1) is 7.65. The molecular formula is C12H14N2O2. The molecular weight excluding hydrogens is 204 g/mol. The van der Waals surface area contributed by atoms with E-state index in [1.807, 2.05) is 13.8 Å². The fourth-order valence-corrected chi connectivity index (χ4v) is 1.76. The summed E-state index contributed by atoms with van der Waals surface area (Å²) in [6, 6.07) is 6.97. The van der Waals surface area contributed by atoms with Crippen LogP contribution in [0, 0.1) is 0 Å². The highest BCUT2D eigenvalue weighted by Crippen LogP contribution is 2.07. The second kappa shape index (κ2) is 3.96. The van der Waals surface area contributed by atoms with Gasteiger partial charge in [0.1, 0.15) is 0 Å². The lowest BCUT2D eigenvalue weighted by Gasteiger charge is -2.11. The Morgan fingerprint density at radius 3 is 2.69 bits per heavy atom. The Hall–Kier alpha value is -1.84. The van der Waals surface area contributed by atoms with Crippen molar-refractivity contribution in [2.75, 3.05) is 0 Å². The number of aromatic amines is 1. The molecule has 84 valence electrons. The Bertz CT molecular complexity index is 625. The Morgan fingerprint density at radius 1 is 1.31 bits per heavy atom. The number of para-hydroxylation sites is 1. The highest BCUT2D eigenvalue weighted by atomic mass is 16.2. The highest BCUT2D eigenvalue weighted by molar-refractivity contribution is 5.76. The summed E-state index contributed by atoms with van der Waals surface area (Å²) in [5.74, 6) is 0. The lowest BCUT2D eigenvalue weighted by atomic mass is 10.2. The summed E-state index contributed by atoms with van der Waals surface area (Å²) in [6.45, 7) is 3.82. The van der Waals surface area contributed by atoms with Gasteiger partial charge >= 0.3 is 5.69 Å². The van der Waals surface area contributed by atoms with E-state index < -0.39 is 0 Å². The number of nitrogens with zero attached hydrogens (tertiary/aromatic N) is 1. The fourth-order valence-electron chi connectivity index (χ4n) is 1.76. The second-order valence-corrected chi connectivity index (χ2v) is 3.91. The third kappa shape index (κ3) is 1.56. The number of hydrogen-bond donors (Lipinski definition) is 1. The molecule has 0 aliphatic heterocycles. The van der Waals surface area contributed by atoms with Gasteiger partial charge in [-0.3, -0.25) is 9.36 Å². The molecule has 1 aromatic heterocycles. The first-order valence-corrected chi connectivity index (χ1v) is 5.38. The van der Waals surface area contributed by atoms with Gasteiger partial charge in [0, 0.05) is 6.04 Å². The summed E-state index contributed by atoms with van der Waals surface area (Å²) in [6.07, 6.45) is 0.751. The molecule has 1 aromatic carbocycles. The van der Waals surface area contributed by atoms with Crippen molar-refractivity contribution in [2.24, 2.45) is 0 Å². The van der Waals surface area contributed by atoms with Crippen LogP contribution >= 0.6 is 0 Å². The zero-order valence-corrected chi connectivity index (χ0v) is 9.36. The minimum absolute atomic E-state index is 0.0825. The van der Waals surface area contributed by atoms with E-state index >= 15 is 0 Å². The van der Waals surface area contributed by atoms with E-state index in [-0.39, 0.29) is 17.3 Å². The Balaban J connectivity index is 2.87. The van der Waals surface area contributed by atoms with Gasteiger partial charge < -0.3 is 4.98 Å². The molecule has 0 radical (unpaired) electrons. The van der Waals surface area contributed by atoms with E-state index in [0.29, 0.717) is 10.9 Å². The topological polar surface area (TPSA) is 54.9 Å². The van der Waals surface area contributed by atoms with Crippen LogP contribution in [0.1, 0.15) is 26.3 Å². The first-order valence-electron chi connectivity index (χ1n) is 5.38. The molecule has 4 heteroatoms. The van der Waals surface area contributed by atoms with Crippen molar-refractivity contribution in [3.63, 3.8) is 0 Å². The molecule has 1 heterocycles. The van der Waals surface area contributed by atoms with Crippen LogP contribution in [0.25, 0.3) is 10.9 Å². The molecule has 4 nitrogen and oxygen atoms in total. The van der Waals surface area contributed by atoms with Gasteiger partial charge in [-0.2, -0.15) is 0 Å². The second-order valence-electron chi connectivity index (χ2n) is 3.91. The highest BCUT2D eigenvalue weighted by Gasteiger charge is 2.11. The molecule has 2 rings (SSSR count). The van der Waals surface area contributed by atoms with Gasteiger partial charge in [0.15, 0.2) is 0 Å². The molecule has 2 aromatic rings. The predicted octanol–water partition coefficient (Wildman–Crippen LogP) is 1.66. The largest absolute Gasteiger partial charge is 0.329 e. The van der Waals surface area contributed by atoms with Crippen molar-refractivity contribution in [3.8, 4) is 0 Å². The molecule has 0 amide bonds.